The van der Waals surface area contributed by atoms with E-state index in [4.69, 9.17) is 5.11 Å². The zero-order valence-corrected chi connectivity index (χ0v) is 12.5. The molecule has 2 aromatic carbocycles. The van der Waals surface area contributed by atoms with Crippen LogP contribution >= 0.6 is 15.9 Å². The Morgan fingerprint density at radius 3 is 2.60 bits per heavy atom. The summed E-state index contributed by atoms with van der Waals surface area (Å²) in [6.07, 6.45) is 0.593. The third-order valence-electron chi connectivity index (χ3n) is 3.30. The number of nitrogens with zero attached hydrogens (tertiary/aromatic N) is 2. The monoisotopic (exact) mass is 332 g/mol. The molecule has 0 bridgehead atoms. The van der Waals surface area contributed by atoms with E-state index in [2.05, 4.69) is 25.9 Å². The van der Waals surface area contributed by atoms with Crippen molar-refractivity contribution < 1.29 is 10.2 Å². The second-order valence-corrected chi connectivity index (χ2v) is 5.60. The Morgan fingerprint density at radius 2 is 1.85 bits per heavy atom. The fourth-order valence-electron chi connectivity index (χ4n) is 2.23. The Morgan fingerprint density at radius 1 is 1.10 bits per heavy atom. The van der Waals surface area contributed by atoms with E-state index in [1.165, 1.54) is 0 Å². The molecule has 0 saturated heterocycles. The molecule has 3 rings (SSSR count). The number of aliphatic hydroxyl groups is 1. The Labute approximate surface area is 124 Å². The number of fused-ring (bicyclic) bond motifs is 2. The highest BCUT2D eigenvalue weighted by Crippen LogP contribution is 2.33. The minimum absolute atomic E-state index is 0.107. The number of halogens is 1. The molecule has 0 aliphatic carbocycles. The summed E-state index contributed by atoms with van der Waals surface area (Å²) in [6.45, 7) is 1.94. The van der Waals surface area contributed by atoms with Gasteiger partial charge in [0, 0.05) is 11.1 Å². The molecule has 0 atom stereocenters. The van der Waals surface area contributed by atoms with Crippen molar-refractivity contribution in [1.82, 2.24) is 9.97 Å². The highest BCUT2D eigenvalue weighted by atomic mass is 79.9. The summed E-state index contributed by atoms with van der Waals surface area (Å²) in [6, 6.07) is 7.53. The van der Waals surface area contributed by atoms with Crippen LogP contribution in [0.4, 0.5) is 0 Å². The Kier molecular flexibility index (Phi) is 3.31. The summed E-state index contributed by atoms with van der Waals surface area (Å²) in [5, 5.41) is 19.1. The summed E-state index contributed by atoms with van der Waals surface area (Å²) in [5.74, 6) is 0.164. The lowest BCUT2D eigenvalue weighted by Crippen LogP contribution is -1.94. The fraction of sp³-hybridized carbons (Fsp3) is 0.200. The van der Waals surface area contributed by atoms with Crippen LogP contribution in [0.15, 0.2) is 28.7 Å². The van der Waals surface area contributed by atoms with Crippen LogP contribution in [-0.2, 0) is 6.42 Å². The van der Waals surface area contributed by atoms with Crippen LogP contribution < -0.4 is 0 Å². The van der Waals surface area contributed by atoms with E-state index in [0.29, 0.717) is 17.5 Å². The van der Waals surface area contributed by atoms with E-state index >= 15 is 0 Å². The Hall–Kier alpha value is -1.72. The summed E-state index contributed by atoms with van der Waals surface area (Å²) in [5.41, 5.74) is 4.40. The lowest BCUT2D eigenvalue weighted by molar-refractivity contribution is 0.299. The number of hydrogen-bond donors (Lipinski definition) is 2. The number of aromatic nitrogens is 2. The van der Waals surface area contributed by atoms with Gasteiger partial charge >= 0.3 is 0 Å². The second-order valence-electron chi connectivity index (χ2n) is 4.74. The second kappa shape index (κ2) is 5.00. The lowest BCUT2D eigenvalue weighted by Gasteiger charge is -2.08. The molecule has 2 N–H and O–H groups in total. The van der Waals surface area contributed by atoms with Crippen molar-refractivity contribution in [3.8, 4) is 5.75 Å². The quantitative estimate of drug-likeness (QED) is 0.707. The van der Waals surface area contributed by atoms with Crippen molar-refractivity contribution in [2.75, 3.05) is 6.61 Å². The molecule has 0 aliphatic rings. The van der Waals surface area contributed by atoms with Gasteiger partial charge in [-0.2, -0.15) is 0 Å². The number of aliphatic hydroxyl groups excluding tert-OH is 1. The third kappa shape index (κ3) is 2.13. The van der Waals surface area contributed by atoms with Crippen molar-refractivity contribution in [3.63, 3.8) is 0 Å². The molecule has 0 unspecified atom stereocenters. The molecule has 0 aliphatic heterocycles. The first-order chi connectivity index (χ1) is 9.60. The van der Waals surface area contributed by atoms with Crippen molar-refractivity contribution >= 4 is 38.0 Å². The zero-order chi connectivity index (χ0) is 14.3. The SMILES string of the molecule is Cc1cc(Br)c2nc3cc(CCO)ccc3nc2c1O. The first kappa shape index (κ1) is 13.3. The van der Waals surface area contributed by atoms with Crippen LogP contribution in [0.25, 0.3) is 22.1 Å². The molecule has 0 amide bonds. The van der Waals surface area contributed by atoms with Crippen molar-refractivity contribution in [2.45, 2.75) is 13.3 Å². The van der Waals surface area contributed by atoms with Crippen LogP contribution in [0.2, 0.25) is 0 Å². The van der Waals surface area contributed by atoms with Gasteiger partial charge in [0.25, 0.3) is 0 Å². The van der Waals surface area contributed by atoms with E-state index in [9.17, 15) is 5.11 Å². The van der Waals surface area contributed by atoms with E-state index < -0.39 is 0 Å². The summed E-state index contributed by atoms with van der Waals surface area (Å²) in [7, 11) is 0. The first-order valence-corrected chi connectivity index (χ1v) is 7.09. The smallest absolute Gasteiger partial charge is 0.146 e. The van der Waals surface area contributed by atoms with Crippen LogP contribution in [-0.4, -0.2) is 26.8 Å². The molecule has 0 radical (unpaired) electrons. The molecule has 0 fully saturated rings. The number of hydrogen-bond acceptors (Lipinski definition) is 4. The number of rotatable bonds is 2. The number of benzene rings is 2. The predicted molar refractivity (Wildman–Crippen MR) is 81.9 cm³/mol. The van der Waals surface area contributed by atoms with Gasteiger partial charge in [-0.15, -0.1) is 0 Å². The molecule has 0 spiro atoms. The number of phenolic OH excluding ortho intramolecular Hbond substituents is 1. The number of aromatic hydroxyl groups is 1. The van der Waals surface area contributed by atoms with Gasteiger partial charge in [0.05, 0.1) is 11.0 Å². The summed E-state index contributed by atoms with van der Waals surface area (Å²) < 4.78 is 0.810. The highest BCUT2D eigenvalue weighted by molar-refractivity contribution is 9.10. The van der Waals surface area contributed by atoms with E-state index in [1.807, 2.05) is 31.2 Å². The number of phenols is 1. The fourth-order valence-corrected chi connectivity index (χ4v) is 2.85. The molecule has 1 aromatic heterocycles. The maximum atomic E-state index is 10.1. The zero-order valence-electron chi connectivity index (χ0n) is 10.9. The average molecular weight is 333 g/mol. The molecule has 4 nitrogen and oxygen atoms in total. The van der Waals surface area contributed by atoms with Gasteiger partial charge in [-0.3, -0.25) is 0 Å². The maximum absolute atomic E-state index is 10.1. The van der Waals surface area contributed by atoms with Gasteiger partial charge in [-0.1, -0.05) is 6.07 Å². The van der Waals surface area contributed by atoms with Crippen LogP contribution in [0.5, 0.6) is 5.75 Å². The van der Waals surface area contributed by atoms with Crippen LogP contribution in [0.3, 0.4) is 0 Å². The van der Waals surface area contributed by atoms with Gasteiger partial charge in [-0.05, 0) is 58.6 Å². The predicted octanol–water partition coefficient (Wildman–Crippen LogP) is 3.09. The summed E-state index contributed by atoms with van der Waals surface area (Å²) >= 11 is 3.46. The first-order valence-electron chi connectivity index (χ1n) is 6.29. The minimum atomic E-state index is 0.107. The van der Waals surface area contributed by atoms with E-state index in [0.717, 1.165) is 26.6 Å². The third-order valence-corrected chi connectivity index (χ3v) is 3.90. The van der Waals surface area contributed by atoms with Crippen molar-refractivity contribution in [3.05, 3.63) is 39.9 Å². The molecule has 1 heterocycles. The standard InChI is InChI=1S/C15H13BrN2O2/c1-8-6-10(16)13-14(15(8)20)17-11-3-2-9(4-5-19)7-12(11)18-13/h2-3,6-7,19-20H,4-5H2,1H3. The molecule has 0 saturated carbocycles. The van der Waals surface area contributed by atoms with Gasteiger partial charge in [0.15, 0.2) is 0 Å². The van der Waals surface area contributed by atoms with Crippen LogP contribution in [0, 0.1) is 6.92 Å². The molecule has 102 valence electrons. The molecule has 3 aromatic rings. The Bertz CT molecular complexity index is 818. The summed E-state index contributed by atoms with van der Waals surface area (Å²) in [4.78, 5) is 9.07. The maximum Gasteiger partial charge on any atom is 0.146 e. The van der Waals surface area contributed by atoms with E-state index in [1.54, 1.807) is 0 Å². The number of aryl methyl sites for hydroxylation is 1. The van der Waals surface area contributed by atoms with Gasteiger partial charge in [0.2, 0.25) is 0 Å². The minimum Gasteiger partial charge on any atom is -0.505 e. The molecular formula is C15H13BrN2O2. The topological polar surface area (TPSA) is 66.2 Å². The van der Waals surface area contributed by atoms with Gasteiger partial charge < -0.3 is 10.2 Å². The van der Waals surface area contributed by atoms with Gasteiger partial charge in [-0.25, -0.2) is 9.97 Å². The highest BCUT2D eigenvalue weighted by Gasteiger charge is 2.12. The largest absolute Gasteiger partial charge is 0.505 e. The van der Waals surface area contributed by atoms with Crippen LogP contribution in [0.1, 0.15) is 11.1 Å². The molecular weight excluding hydrogens is 320 g/mol. The lowest BCUT2D eigenvalue weighted by atomic mass is 10.1. The van der Waals surface area contributed by atoms with Crippen molar-refractivity contribution in [1.29, 1.82) is 0 Å². The normalized spacial score (nSPS) is 11.3. The average Bonchev–Trinajstić information content (AvgIpc) is 2.44. The molecule has 20 heavy (non-hydrogen) atoms. The van der Waals surface area contributed by atoms with Gasteiger partial charge in [0.1, 0.15) is 16.8 Å². The molecule has 5 heteroatoms. The van der Waals surface area contributed by atoms with Crippen molar-refractivity contribution in [2.24, 2.45) is 0 Å². The van der Waals surface area contributed by atoms with E-state index in [-0.39, 0.29) is 12.4 Å². The Balaban J connectivity index is 2.34.